The summed E-state index contributed by atoms with van der Waals surface area (Å²) in [5.41, 5.74) is 2.89. The smallest absolute Gasteiger partial charge is 0.213 e. The first-order valence-electron chi connectivity index (χ1n) is 6.28. The predicted molar refractivity (Wildman–Crippen MR) is 80.4 cm³/mol. The second kappa shape index (κ2) is 4.28. The predicted octanol–water partition coefficient (Wildman–Crippen LogP) is 3.78. The van der Waals surface area contributed by atoms with Gasteiger partial charge in [-0.05, 0) is 23.6 Å². The average Bonchev–Trinajstić information content (AvgIpc) is 3.14. The van der Waals surface area contributed by atoms with Gasteiger partial charge in [0.25, 0.3) is 0 Å². The van der Waals surface area contributed by atoms with E-state index in [4.69, 9.17) is 0 Å². The van der Waals surface area contributed by atoms with Crippen LogP contribution in [-0.2, 0) is 0 Å². The molecule has 0 saturated carbocycles. The number of hydrogen-bond donors (Lipinski definition) is 0. The summed E-state index contributed by atoms with van der Waals surface area (Å²) in [6.07, 6.45) is 1.97. The first kappa shape index (κ1) is 11.4. The van der Waals surface area contributed by atoms with E-state index in [1.807, 2.05) is 64.5 Å². The van der Waals surface area contributed by atoms with Crippen molar-refractivity contribution in [3.8, 4) is 0 Å². The molecule has 0 N–H and O–H groups in total. The molecule has 3 nitrogen and oxygen atoms in total. The molecule has 1 aromatic carbocycles. The van der Waals surface area contributed by atoms with Gasteiger partial charge in [0.05, 0.1) is 11.0 Å². The Kier molecular flexibility index (Phi) is 2.44. The minimum Gasteiger partial charge on any atom is -0.305 e. The molecule has 0 radical (unpaired) electrons. The quantitative estimate of drug-likeness (QED) is 0.523. The van der Waals surface area contributed by atoms with E-state index in [9.17, 15) is 4.79 Å². The molecule has 0 bridgehead atoms. The molecule has 0 aliphatic rings. The Bertz CT molecular complexity index is 921. The van der Waals surface area contributed by atoms with Crippen molar-refractivity contribution in [2.75, 3.05) is 0 Å². The Morgan fingerprint density at radius 3 is 2.75 bits per heavy atom. The molecule has 4 aromatic rings. The molecule has 0 fully saturated rings. The minimum absolute atomic E-state index is 0.0394. The highest BCUT2D eigenvalue weighted by Crippen LogP contribution is 2.24. The van der Waals surface area contributed by atoms with Crippen LogP contribution in [0.4, 0.5) is 0 Å². The van der Waals surface area contributed by atoms with Crippen molar-refractivity contribution in [3.63, 3.8) is 0 Å². The zero-order chi connectivity index (χ0) is 13.5. The number of aromatic nitrogens is 2. The number of thiophene rings is 1. The van der Waals surface area contributed by atoms with Crippen LogP contribution in [-0.4, -0.2) is 15.2 Å². The molecule has 0 amide bonds. The average molecular weight is 278 g/mol. The molecule has 0 atom stereocenters. The van der Waals surface area contributed by atoms with Crippen molar-refractivity contribution < 1.29 is 4.79 Å². The maximum Gasteiger partial charge on any atom is 0.213 e. The number of fused-ring (bicyclic) bond motifs is 3. The summed E-state index contributed by atoms with van der Waals surface area (Å²) in [5.74, 6) is -0.0394. The molecule has 0 spiro atoms. The SMILES string of the molecule is O=C(c1ccccc1)c1nc2ccsc2n2cccc12. The van der Waals surface area contributed by atoms with E-state index in [0.29, 0.717) is 11.3 Å². The van der Waals surface area contributed by atoms with Crippen molar-refractivity contribution in [2.24, 2.45) is 0 Å². The Morgan fingerprint density at radius 1 is 1.05 bits per heavy atom. The van der Waals surface area contributed by atoms with Gasteiger partial charge in [-0.1, -0.05) is 30.3 Å². The second-order valence-electron chi connectivity index (χ2n) is 4.53. The standard InChI is InChI=1S/C16H10N2OS/c19-15(11-5-2-1-3-6-11)14-13-7-4-9-18(13)16-12(17-14)8-10-20-16/h1-10H. The van der Waals surface area contributed by atoms with Gasteiger partial charge in [-0.15, -0.1) is 11.3 Å². The first-order valence-corrected chi connectivity index (χ1v) is 7.16. The fraction of sp³-hybridized carbons (Fsp3) is 0. The summed E-state index contributed by atoms with van der Waals surface area (Å²) >= 11 is 1.63. The van der Waals surface area contributed by atoms with Crippen LogP contribution in [0.2, 0.25) is 0 Å². The van der Waals surface area contributed by atoms with Gasteiger partial charge in [0.1, 0.15) is 10.5 Å². The monoisotopic (exact) mass is 278 g/mol. The Balaban J connectivity index is 2.02. The van der Waals surface area contributed by atoms with E-state index in [1.165, 1.54) is 0 Å². The van der Waals surface area contributed by atoms with Gasteiger partial charge in [-0.2, -0.15) is 0 Å². The normalized spacial score (nSPS) is 11.2. The summed E-state index contributed by atoms with van der Waals surface area (Å²) < 4.78 is 2.03. The lowest BCUT2D eigenvalue weighted by Gasteiger charge is -2.05. The molecular weight excluding hydrogens is 268 g/mol. The topological polar surface area (TPSA) is 34.4 Å². The van der Waals surface area contributed by atoms with Crippen LogP contribution in [0.15, 0.2) is 60.1 Å². The van der Waals surface area contributed by atoms with Crippen LogP contribution in [0, 0.1) is 0 Å². The van der Waals surface area contributed by atoms with Crippen molar-refractivity contribution in [1.29, 1.82) is 0 Å². The number of rotatable bonds is 2. The molecule has 4 rings (SSSR count). The van der Waals surface area contributed by atoms with Crippen molar-refractivity contribution in [2.45, 2.75) is 0 Å². The third-order valence-corrected chi connectivity index (χ3v) is 4.22. The van der Waals surface area contributed by atoms with E-state index >= 15 is 0 Å². The van der Waals surface area contributed by atoms with Crippen molar-refractivity contribution >= 4 is 33.0 Å². The van der Waals surface area contributed by atoms with Crippen molar-refractivity contribution in [1.82, 2.24) is 9.38 Å². The van der Waals surface area contributed by atoms with Gasteiger partial charge >= 0.3 is 0 Å². The maximum atomic E-state index is 12.7. The summed E-state index contributed by atoms with van der Waals surface area (Å²) in [7, 11) is 0. The number of ketones is 1. The lowest BCUT2D eigenvalue weighted by atomic mass is 10.1. The van der Waals surface area contributed by atoms with Crippen LogP contribution in [0.3, 0.4) is 0 Å². The fourth-order valence-corrected chi connectivity index (χ4v) is 3.21. The largest absolute Gasteiger partial charge is 0.305 e. The molecule has 20 heavy (non-hydrogen) atoms. The summed E-state index contributed by atoms with van der Waals surface area (Å²) in [6, 6.07) is 15.1. The van der Waals surface area contributed by atoms with Crippen LogP contribution in [0.25, 0.3) is 15.9 Å². The van der Waals surface area contributed by atoms with Crippen LogP contribution in [0.1, 0.15) is 16.1 Å². The third-order valence-electron chi connectivity index (χ3n) is 3.32. The number of carbonyl (C=O) groups is 1. The van der Waals surface area contributed by atoms with Crippen LogP contribution in [0.5, 0.6) is 0 Å². The zero-order valence-electron chi connectivity index (χ0n) is 10.5. The molecule has 4 heteroatoms. The second-order valence-corrected chi connectivity index (χ2v) is 5.42. The number of benzene rings is 1. The Hall–Kier alpha value is -2.46. The molecule has 0 aliphatic heterocycles. The molecule has 0 saturated heterocycles. The molecule has 0 aliphatic carbocycles. The van der Waals surface area contributed by atoms with E-state index in [1.54, 1.807) is 11.3 Å². The summed E-state index contributed by atoms with van der Waals surface area (Å²) in [6.45, 7) is 0. The highest BCUT2D eigenvalue weighted by Gasteiger charge is 2.16. The van der Waals surface area contributed by atoms with E-state index in [-0.39, 0.29) is 5.78 Å². The lowest BCUT2D eigenvalue weighted by molar-refractivity contribution is 0.103. The van der Waals surface area contributed by atoms with Crippen LogP contribution >= 0.6 is 11.3 Å². The first-order chi connectivity index (χ1) is 9.84. The van der Waals surface area contributed by atoms with E-state index < -0.39 is 0 Å². The Morgan fingerprint density at radius 2 is 1.90 bits per heavy atom. The summed E-state index contributed by atoms with van der Waals surface area (Å²) in [4.78, 5) is 18.3. The fourth-order valence-electron chi connectivity index (χ4n) is 2.38. The molecule has 96 valence electrons. The van der Waals surface area contributed by atoms with Gasteiger partial charge in [-0.3, -0.25) is 4.79 Å². The van der Waals surface area contributed by atoms with Crippen molar-refractivity contribution in [3.05, 3.63) is 71.4 Å². The number of nitrogens with zero attached hydrogens (tertiary/aromatic N) is 2. The number of hydrogen-bond acceptors (Lipinski definition) is 3. The third kappa shape index (κ3) is 1.58. The van der Waals surface area contributed by atoms with Gasteiger partial charge in [-0.25, -0.2) is 4.98 Å². The van der Waals surface area contributed by atoms with E-state index in [2.05, 4.69) is 4.98 Å². The molecular formula is C16H10N2OS. The Labute approximate surface area is 119 Å². The van der Waals surface area contributed by atoms with E-state index in [0.717, 1.165) is 15.9 Å². The van der Waals surface area contributed by atoms with Gasteiger partial charge < -0.3 is 4.40 Å². The van der Waals surface area contributed by atoms with Gasteiger partial charge in [0.15, 0.2) is 0 Å². The molecule has 0 unspecified atom stereocenters. The zero-order valence-corrected chi connectivity index (χ0v) is 11.3. The molecule has 3 heterocycles. The van der Waals surface area contributed by atoms with Gasteiger partial charge in [0.2, 0.25) is 5.78 Å². The van der Waals surface area contributed by atoms with Gasteiger partial charge in [0, 0.05) is 11.8 Å². The molecule has 3 aromatic heterocycles. The highest BCUT2D eigenvalue weighted by molar-refractivity contribution is 7.16. The number of carbonyl (C=O) groups excluding carboxylic acids is 1. The summed E-state index contributed by atoms with van der Waals surface area (Å²) in [5, 5.41) is 1.99. The minimum atomic E-state index is -0.0394. The highest BCUT2D eigenvalue weighted by atomic mass is 32.1. The lowest BCUT2D eigenvalue weighted by Crippen LogP contribution is -2.06. The maximum absolute atomic E-state index is 12.7. The van der Waals surface area contributed by atoms with Crippen LogP contribution < -0.4 is 0 Å².